The molecule has 0 aliphatic rings. The molecular formula is C23H27ClN4O3. The number of aryl methyl sites for hydroxylation is 1. The van der Waals surface area contributed by atoms with Crippen molar-refractivity contribution in [3.05, 3.63) is 63.4 Å². The van der Waals surface area contributed by atoms with Crippen molar-refractivity contribution in [2.75, 3.05) is 26.8 Å². The quantitative estimate of drug-likeness (QED) is 0.353. The fraction of sp³-hybridized carbons (Fsp3) is 0.348. The van der Waals surface area contributed by atoms with E-state index in [1.165, 1.54) is 0 Å². The monoisotopic (exact) mass is 442 g/mol. The zero-order chi connectivity index (χ0) is 23.0. The molecule has 0 saturated heterocycles. The third kappa shape index (κ3) is 6.45. The van der Waals surface area contributed by atoms with Crippen LogP contribution in [0.15, 0.2) is 35.9 Å². The molecule has 1 unspecified atom stereocenters. The van der Waals surface area contributed by atoms with Crippen LogP contribution < -0.4 is 10.6 Å². The van der Waals surface area contributed by atoms with Gasteiger partial charge in [-0.3, -0.25) is 9.59 Å². The molecule has 2 N–H and O–H groups in total. The topological polar surface area (TPSA) is 96.2 Å². The number of nitriles is 1. The molecule has 0 fully saturated rings. The molecule has 1 aromatic carbocycles. The summed E-state index contributed by atoms with van der Waals surface area (Å²) in [5.41, 5.74) is 3.27. The van der Waals surface area contributed by atoms with Crippen LogP contribution in [0.25, 0.3) is 6.08 Å². The van der Waals surface area contributed by atoms with E-state index < -0.39 is 5.91 Å². The minimum atomic E-state index is -0.488. The first kappa shape index (κ1) is 24.2. The summed E-state index contributed by atoms with van der Waals surface area (Å²) in [5, 5.41) is 15.4. The van der Waals surface area contributed by atoms with Gasteiger partial charge in [-0.05, 0) is 62.7 Å². The summed E-state index contributed by atoms with van der Waals surface area (Å²) in [6, 6.07) is 10.5. The van der Waals surface area contributed by atoms with E-state index in [0.29, 0.717) is 17.2 Å². The summed E-state index contributed by atoms with van der Waals surface area (Å²) in [6.07, 6.45) is 1.58. The standard InChI is InChI=1S/C23H27ClN4O3/c1-15-11-19(17(3)28(15)16(2)14-31-4)12-20(13-25)23(30)27-10-9-26-22(29)18-5-7-21(24)8-6-18/h5-8,11-12,16H,9-10,14H2,1-4H3,(H,26,29)(H,27,30)/b20-12-. The van der Waals surface area contributed by atoms with Gasteiger partial charge >= 0.3 is 0 Å². The Labute approximate surface area is 187 Å². The average Bonchev–Trinajstić information content (AvgIpc) is 3.02. The second-order valence-corrected chi connectivity index (χ2v) is 7.63. The van der Waals surface area contributed by atoms with Crippen molar-refractivity contribution in [1.29, 1.82) is 5.26 Å². The molecule has 2 amide bonds. The number of aromatic nitrogens is 1. The van der Waals surface area contributed by atoms with Crippen molar-refractivity contribution >= 4 is 29.5 Å². The molecule has 0 aliphatic heterocycles. The molecule has 1 atom stereocenters. The number of halogens is 1. The lowest BCUT2D eigenvalue weighted by Gasteiger charge is -2.17. The molecule has 8 heteroatoms. The SMILES string of the molecule is COCC(C)n1c(C)cc(/C=C(/C#N)C(=O)NCCNC(=O)c2ccc(Cl)cc2)c1C. The van der Waals surface area contributed by atoms with Gasteiger partial charge in [0.25, 0.3) is 11.8 Å². The molecule has 0 spiro atoms. The number of nitrogens with zero attached hydrogens (tertiary/aromatic N) is 2. The Bertz CT molecular complexity index is 1000. The number of carbonyl (C=O) groups is 2. The third-order valence-electron chi connectivity index (χ3n) is 4.84. The Hall–Kier alpha value is -3.08. The molecule has 1 aromatic heterocycles. The van der Waals surface area contributed by atoms with Crippen molar-refractivity contribution in [2.45, 2.75) is 26.8 Å². The molecule has 2 rings (SSSR count). The van der Waals surface area contributed by atoms with Gasteiger partial charge in [0.1, 0.15) is 11.6 Å². The van der Waals surface area contributed by atoms with Gasteiger partial charge in [-0.25, -0.2) is 0 Å². The Morgan fingerprint density at radius 1 is 1.23 bits per heavy atom. The first-order valence-electron chi connectivity index (χ1n) is 9.89. The van der Waals surface area contributed by atoms with Gasteiger partial charge in [0.05, 0.1) is 12.6 Å². The van der Waals surface area contributed by atoms with Crippen LogP contribution >= 0.6 is 11.6 Å². The third-order valence-corrected chi connectivity index (χ3v) is 5.09. The first-order valence-corrected chi connectivity index (χ1v) is 10.3. The minimum Gasteiger partial charge on any atom is -0.383 e. The molecule has 31 heavy (non-hydrogen) atoms. The zero-order valence-electron chi connectivity index (χ0n) is 18.2. The van der Waals surface area contributed by atoms with Crippen molar-refractivity contribution < 1.29 is 14.3 Å². The van der Waals surface area contributed by atoms with Crippen molar-refractivity contribution in [3.63, 3.8) is 0 Å². The van der Waals surface area contributed by atoms with Crippen LogP contribution in [0.5, 0.6) is 0 Å². The smallest absolute Gasteiger partial charge is 0.262 e. The van der Waals surface area contributed by atoms with E-state index in [1.807, 2.05) is 32.9 Å². The summed E-state index contributed by atoms with van der Waals surface area (Å²) in [7, 11) is 1.65. The van der Waals surface area contributed by atoms with Crippen LogP contribution in [-0.4, -0.2) is 43.2 Å². The zero-order valence-corrected chi connectivity index (χ0v) is 18.9. The van der Waals surface area contributed by atoms with Gasteiger partial charge in [0, 0.05) is 42.2 Å². The largest absolute Gasteiger partial charge is 0.383 e. The molecular weight excluding hydrogens is 416 g/mol. The predicted octanol–water partition coefficient (Wildman–Crippen LogP) is 3.42. The number of ether oxygens (including phenoxy) is 1. The number of hydrogen-bond acceptors (Lipinski definition) is 4. The molecule has 0 radical (unpaired) electrons. The van der Waals surface area contributed by atoms with Gasteiger partial charge in [-0.15, -0.1) is 0 Å². The van der Waals surface area contributed by atoms with Crippen LogP contribution in [0.1, 0.15) is 40.3 Å². The van der Waals surface area contributed by atoms with Gasteiger partial charge in [0.15, 0.2) is 0 Å². The summed E-state index contributed by atoms with van der Waals surface area (Å²) >= 11 is 5.81. The van der Waals surface area contributed by atoms with Crippen LogP contribution in [-0.2, 0) is 9.53 Å². The Balaban J connectivity index is 1.97. The highest BCUT2D eigenvalue weighted by Crippen LogP contribution is 2.22. The summed E-state index contributed by atoms with van der Waals surface area (Å²) < 4.78 is 7.35. The Morgan fingerprint density at radius 3 is 2.48 bits per heavy atom. The van der Waals surface area contributed by atoms with Gasteiger partial charge < -0.3 is 19.9 Å². The average molecular weight is 443 g/mol. The van der Waals surface area contributed by atoms with E-state index in [2.05, 4.69) is 15.2 Å². The molecule has 1 heterocycles. The maximum atomic E-state index is 12.4. The van der Waals surface area contributed by atoms with Crippen LogP contribution in [0.3, 0.4) is 0 Å². The Kier molecular flexibility index (Phi) is 8.86. The van der Waals surface area contributed by atoms with E-state index in [0.717, 1.165) is 17.0 Å². The number of amides is 2. The fourth-order valence-electron chi connectivity index (χ4n) is 3.40. The number of benzene rings is 1. The van der Waals surface area contributed by atoms with Crippen LogP contribution in [0.4, 0.5) is 0 Å². The Morgan fingerprint density at radius 2 is 1.87 bits per heavy atom. The number of hydrogen-bond donors (Lipinski definition) is 2. The number of carbonyl (C=O) groups excluding carboxylic acids is 2. The molecule has 0 bridgehead atoms. The highest BCUT2D eigenvalue weighted by atomic mass is 35.5. The van der Waals surface area contributed by atoms with Crippen molar-refractivity contribution in [1.82, 2.24) is 15.2 Å². The molecule has 0 saturated carbocycles. The maximum Gasteiger partial charge on any atom is 0.262 e. The highest BCUT2D eigenvalue weighted by molar-refractivity contribution is 6.30. The van der Waals surface area contributed by atoms with E-state index in [1.54, 1.807) is 37.5 Å². The van der Waals surface area contributed by atoms with Crippen LogP contribution in [0, 0.1) is 25.2 Å². The number of rotatable bonds is 9. The predicted molar refractivity (Wildman–Crippen MR) is 121 cm³/mol. The van der Waals surface area contributed by atoms with E-state index >= 15 is 0 Å². The van der Waals surface area contributed by atoms with Gasteiger partial charge in [-0.1, -0.05) is 11.6 Å². The van der Waals surface area contributed by atoms with Gasteiger partial charge in [-0.2, -0.15) is 5.26 Å². The van der Waals surface area contributed by atoms with E-state index in [4.69, 9.17) is 16.3 Å². The molecule has 7 nitrogen and oxygen atoms in total. The fourth-order valence-corrected chi connectivity index (χ4v) is 3.52. The maximum absolute atomic E-state index is 12.4. The molecule has 0 aliphatic carbocycles. The molecule has 164 valence electrons. The minimum absolute atomic E-state index is 0.00340. The van der Waals surface area contributed by atoms with Crippen LogP contribution in [0.2, 0.25) is 5.02 Å². The lowest BCUT2D eigenvalue weighted by atomic mass is 10.1. The van der Waals surface area contributed by atoms with E-state index in [9.17, 15) is 14.9 Å². The second kappa shape index (κ2) is 11.3. The lowest BCUT2D eigenvalue weighted by molar-refractivity contribution is -0.117. The molecule has 2 aromatic rings. The second-order valence-electron chi connectivity index (χ2n) is 7.19. The normalized spacial score (nSPS) is 12.2. The number of methoxy groups -OCH3 is 1. The highest BCUT2D eigenvalue weighted by Gasteiger charge is 2.15. The number of nitrogens with one attached hydrogen (secondary N) is 2. The van der Waals surface area contributed by atoms with Crippen molar-refractivity contribution in [2.24, 2.45) is 0 Å². The summed E-state index contributed by atoms with van der Waals surface area (Å²) in [4.78, 5) is 24.5. The van der Waals surface area contributed by atoms with E-state index in [-0.39, 0.29) is 30.6 Å². The van der Waals surface area contributed by atoms with Gasteiger partial charge in [0.2, 0.25) is 0 Å². The first-order chi connectivity index (χ1) is 14.8. The van der Waals surface area contributed by atoms with Crippen molar-refractivity contribution in [3.8, 4) is 6.07 Å². The lowest BCUT2D eigenvalue weighted by Crippen LogP contribution is -2.35. The summed E-state index contributed by atoms with van der Waals surface area (Å²) in [6.45, 7) is 6.96. The summed E-state index contributed by atoms with van der Waals surface area (Å²) in [5.74, 6) is -0.752.